The highest BCUT2D eigenvalue weighted by molar-refractivity contribution is 6.19. The molecule has 6 heteroatoms. The Hall–Kier alpha value is -11.3. The lowest BCUT2D eigenvalue weighted by Crippen LogP contribution is -2.12. The number of benzene rings is 14. The Balaban J connectivity index is 0.804. The summed E-state index contributed by atoms with van der Waals surface area (Å²) in [7, 11) is 0. The van der Waals surface area contributed by atoms with Gasteiger partial charge in [-0.2, -0.15) is 0 Å². The van der Waals surface area contributed by atoms with Gasteiger partial charge in [0.1, 0.15) is 33.5 Å². The number of hydrogen-bond acceptors (Lipinski definition) is 6. The molecule has 18 aromatic rings. The third-order valence-corrected chi connectivity index (χ3v) is 17.2. The van der Waals surface area contributed by atoms with Crippen LogP contribution in [0.25, 0.3) is 142 Å². The first-order valence-electron chi connectivity index (χ1n) is 28.5. The Kier molecular flexibility index (Phi) is 9.99. The molecule has 0 unspecified atom stereocenters. The van der Waals surface area contributed by atoms with E-state index in [0.29, 0.717) is 0 Å². The van der Waals surface area contributed by atoms with Crippen molar-refractivity contribution in [3.63, 3.8) is 0 Å². The van der Waals surface area contributed by atoms with E-state index >= 15 is 0 Å². The van der Waals surface area contributed by atoms with Crippen molar-refractivity contribution in [3.8, 4) is 22.3 Å². The van der Waals surface area contributed by atoms with Gasteiger partial charge in [-0.15, -0.1) is 0 Å². The van der Waals surface area contributed by atoms with E-state index in [-0.39, 0.29) is 0 Å². The second-order valence-corrected chi connectivity index (χ2v) is 21.9. The van der Waals surface area contributed by atoms with Gasteiger partial charge in [0.2, 0.25) is 0 Å². The minimum atomic E-state index is 0.785. The van der Waals surface area contributed by atoms with E-state index in [4.69, 9.17) is 17.7 Å². The first-order valence-corrected chi connectivity index (χ1v) is 28.5. The van der Waals surface area contributed by atoms with Crippen LogP contribution in [0.15, 0.2) is 297 Å². The van der Waals surface area contributed by atoms with Gasteiger partial charge in [-0.1, -0.05) is 194 Å². The number of rotatable bonds is 8. The topological polar surface area (TPSA) is 59.0 Å². The van der Waals surface area contributed by atoms with Crippen LogP contribution in [-0.4, -0.2) is 0 Å². The maximum absolute atomic E-state index is 7.00. The van der Waals surface area contributed by atoms with Crippen LogP contribution >= 0.6 is 0 Å². The fourth-order valence-corrected chi connectivity index (χ4v) is 13.3. The average molecular weight is 1080 g/mol. The van der Waals surface area contributed by atoms with Crippen molar-refractivity contribution in [1.29, 1.82) is 0 Å². The van der Waals surface area contributed by atoms with Crippen LogP contribution in [0.4, 0.5) is 34.1 Å². The summed E-state index contributed by atoms with van der Waals surface area (Å²) >= 11 is 0. The maximum atomic E-state index is 7.00. The van der Waals surface area contributed by atoms with Crippen molar-refractivity contribution in [1.82, 2.24) is 0 Å². The smallest absolute Gasteiger partial charge is 0.159 e. The van der Waals surface area contributed by atoms with Gasteiger partial charge in [0.25, 0.3) is 0 Å². The molecule has 18 rings (SSSR count). The zero-order chi connectivity index (χ0) is 55.0. The summed E-state index contributed by atoms with van der Waals surface area (Å²) in [5.41, 5.74) is 16.8. The van der Waals surface area contributed by atoms with Gasteiger partial charge in [-0.05, 0) is 105 Å². The quantitative estimate of drug-likeness (QED) is 0.151. The van der Waals surface area contributed by atoms with Crippen LogP contribution in [0.1, 0.15) is 0 Å². The highest BCUT2D eigenvalue weighted by atomic mass is 16.3. The lowest BCUT2D eigenvalue weighted by Gasteiger charge is -2.29. The SMILES string of the molecule is c1ccc(-c2ccc3ccccc3c2N(c2ccc3c(c2)oc2cc4cc5c(cc4cc23)oc2cc(N(c3c(-c4ccccc4)ccc4ccccc34)c3cccc4c3oc3ccccc34)ccc25)c2cccc3c2oc2ccccc23)cc1. The normalized spacial score (nSPS) is 12.0. The summed E-state index contributed by atoms with van der Waals surface area (Å²) in [5.74, 6) is 0. The number of nitrogens with zero attached hydrogens (tertiary/aromatic N) is 2. The van der Waals surface area contributed by atoms with Crippen molar-refractivity contribution < 1.29 is 17.7 Å². The molecule has 0 saturated heterocycles. The molecule has 0 bridgehead atoms. The number of furan rings is 4. The third-order valence-electron chi connectivity index (χ3n) is 17.2. The summed E-state index contributed by atoms with van der Waals surface area (Å²) in [4.78, 5) is 4.73. The number of para-hydroxylation sites is 4. The van der Waals surface area contributed by atoms with Crippen molar-refractivity contribution >= 4 is 154 Å². The van der Waals surface area contributed by atoms with Crippen LogP contribution in [0.3, 0.4) is 0 Å². The zero-order valence-corrected chi connectivity index (χ0v) is 45.1. The predicted octanol–water partition coefficient (Wildman–Crippen LogP) is 23.0. The predicted molar refractivity (Wildman–Crippen MR) is 348 cm³/mol. The molecule has 4 aromatic heterocycles. The van der Waals surface area contributed by atoms with E-state index in [1.54, 1.807) is 0 Å². The van der Waals surface area contributed by atoms with Crippen molar-refractivity contribution in [2.75, 3.05) is 9.80 Å². The van der Waals surface area contributed by atoms with E-state index in [1.807, 2.05) is 24.3 Å². The first-order chi connectivity index (χ1) is 41.6. The molecule has 84 heavy (non-hydrogen) atoms. The molecular weight excluding hydrogens is 1030 g/mol. The Morgan fingerprint density at radius 2 is 0.595 bits per heavy atom. The van der Waals surface area contributed by atoms with E-state index in [9.17, 15) is 0 Å². The summed E-state index contributed by atoms with van der Waals surface area (Å²) in [5, 5.41) is 15.0. The Morgan fingerprint density at radius 1 is 0.214 bits per heavy atom. The summed E-state index contributed by atoms with van der Waals surface area (Å²) in [6.07, 6.45) is 0. The molecule has 14 aromatic carbocycles. The minimum Gasteiger partial charge on any atom is -0.456 e. The molecule has 392 valence electrons. The summed E-state index contributed by atoms with van der Waals surface area (Å²) in [6, 6.07) is 99.1. The highest BCUT2D eigenvalue weighted by Crippen LogP contribution is 2.52. The van der Waals surface area contributed by atoms with Gasteiger partial charge in [0.15, 0.2) is 11.2 Å². The second kappa shape index (κ2) is 18.1. The van der Waals surface area contributed by atoms with Crippen molar-refractivity contribution in [2.45, 2.75) is 0 Å². The Morgan fingerprint density at radius 3 is 1.06 bits per heavy atom. The standard InChI is InChI=1S/C78H46N2O4/c1-3-17-47(18-4-1)57-37-33-49-21-7-9-23-55(49)75(57)79(67-29-15-27-63-59-25-11-13-31-69(59)83-77(63)67)53-35-39-61-65-41-51-44-72-66(42-52(51)43-71(65)81-73(61)45-53)62-40-36-54(46-74(62)82-72)80(68-30-16-28-64-60-26-12-14-32-70(60)84-78(64)68)76-56-24-10-8-22-50(56)34-38-58(76)48-19-5-2-6-20-48/h1-46H. The van der Waals surface area contributed by atoms with E-state index < -0.39 is 0 Å². The molecule has 0 N–H and O–H groups in total. The van der Waals surface area contributed by atoms with E-state index in [0.717, 1.165) is 176 Å². The largest absolute Gasteiger partial charge is 0.456 e. The summed E-state index contributed by atoms with van der Waals surface area (Å²) < 4.78 is 27.7. The molecule has 4 heterocycles. The zero-order valence-electron chi connectivity index (χ0n) is 45.1. The molecule has 0 aliphatic heterocycles. The van der Waals surface area contributed by atoms with Gasteiger partial charge < -0.3 is 27.5 Å². The number of fused-ring (bicyclic) bond motifs is 15. The van der Waals surface area contributed by atoms with Crippen LogP contribution in [0.2, 0.25) is 0 Å². The minimum absolute atomic E-state index is 0.785. The molecule has 0 radical (unpaired) electrons. The second-order valence-electron chi connectivity index (χ2n) is 21.9. The highest BCUT2D eigenvalue weighted by Gasteiger charge is 2.28. The van der Waals surface area contributed by atoms with Gasteiger partial charge >= 0.3 is 0 Å². The molecule has 0 fully saturated rings. The molecular formula is C78H46N2O4. The number of anilines is 6. The molecule has 0 aliphatic rings. The van der Waals surface area contributed by atoms with Crippen LogP contribution < -0.4 is 9.80 Å². The molecule has 0 spiro atoms. The average Bonchev–Trinajstić information content (AvgIpc) is 4.17. The van der Waals surface area contributed by atoms with E-state index in [1.165, 1.54) is 0 Å². The molecule has 6 nitrogen and oxygen atoms in total. The van der Waals surface area contributed by atoms with Gasteiger partial charge in [0.05, 0.1) is 34.1 Å². The van der Waals surface area contributed by atoms with Gasteiger partial charge in [-0.3, -0.25) is 0 Å². The number of hydrogen-bond donors (Lipinski definition) is 0. The van der Waals surface area contributed by atoms with Crippen LogP contribution in [0, 0.1) is 0 Å². The Bertz CT molecular complexity index is 5360. The molecule has 0 aliphatic carbocycles. The van der Waals surface area contributed by atoms with Crippen molar-refractivity contribution in [3.05, 3.63) is 279 Å². The van der Waals surface area contributed by atoms with Crippen molar-refractivity contribution in [2.24, 2.45) is 0 Å². The maximum Gasteiger partial charge on any atom is 0.159 e. The van der Waals surface area contributed by atoms with Gasteiger partial charge in [-0.25, -0.2) is 0 Å². The monoisotopic (exact) mass is 1070 g/mol. The van der Waals surface area contributed by atoms with Gasteiger partial charge in [0, 0.05) is 77.1 Å². The third kappa shape index (κ3) is 7.04. The van der Waals surface area contributed by atoms with E-state index in [2.05, 4.69) is 265 Å². The summed E-state index contributed by atoms with van der Waals surface area (Å²) in [6.45, 7) is 0. The van der Waals surface area contributed by atoms with Crippen LogP contribution in [0.5, 0.6) is 0 Å². The lowest BCUT2D eigenvalue weighted by atomic mass is 9.96. The fourth-order valence-electron chi connectivity index (χ4n) is 13.3. The first kappa shape index (κ1) is 46.4. The molecule has 0 amide bonds. The molecule has 0 saturated carbocycles. The molecule has 0 atom stereocenters. The fraction of sp³-hybridized carbons (Fsp3) is 0. The van der Waals surface area contributed by atoms with Crippen LogP contribution in [-0.2, 0) is 0 Å². The lowest BCUT2D eigenvalue weighted by molar-refractivity contribution is 0.667. The Labute approximate surface area is 480 Å².